The van der Waals surface area contributed by atoms with Gasteiger partial charge in [0.25, 0.3) is 0 Å². The lowest BCUT2D eigenvalue weighted by atomic mass is 10.1. The van der Waals surface area contributed by atoms with E-state index in [4.69, 9.17) is 14.9 Å². The molecule has 7 heteroatoms. The molecule has 2 N–H and O–H groups in total. The minimum Gasteiger partial charge on any atom is -0.495 e. The number of benzene rings is 1. The first kappa shape index (κ1) is 17.2. The van der Waals surface area contributed by atoms with Crippen LogP contribution in [0.1, 0.15) is 6.42 Å². The van der Waals surface area contributed by atoms with Gasteiger partial charge in [-0.15, -0.1) is 0 Å². The number of amides is 2. The van der Waals surface area contributed by atoms with Crippen molar-refractivity contribution in [3.63, 3.8) is 0 Å². The molecular formula is C16H22N2O5. The second-order valence-electron chi connectivity index (χ2n) is 5.35. The van der Waals surface area contributed by atoms with E-state index in [-0.39, 0.29) is 51.1 Å². The zero-order valence-electron chi connectivity index (χ0n) is 13.1. The van der Waals surface area contributed by atoms with Crippen molar-refractivity contribution < 1.29 is 24.5 Å². The molecule has 1 aromatic carbocycles. The van der Waals surface area contributed by atoms with Crippen LogP contribution < -0.4 is 9.64 Å². The van der Waals surface area contributed by atoms with Crippen LogP contribution in [0.2, 0.25) is 0 Å². The van der Waals surface area contributed by atoms with Crippen LogP contribution in [0, 0.1) is 5.92 Å². The number of rotatable bonds is 7. The average Bonchev–Trinajstić information content (AvgIpc) is 2.95. The second kappa shape index (κ2) is 7.94. The SMILES string of the molecule is COc1ccccc1N1CC(C(=O)N(CCO)CCO)CC1=O. The molecule has 1 aliphatic heterocycles. The summed E-state index contributed by atoms with van der Waals surface area (Å²) in [6.45, 7) is 0.216. The Morgan fingerprint density at radius 2 is 1.96 bits per heavy atom. The molecule has 0 saturated carbocycles. The van der Waals surface area contributed by atoms with E-state index in [2.05, 4.69) is 0 Å². The Bertz CT molecular complexity index is 557. The number of carbonyl (C=O) groups is 2. The predicted octanol–water partition coefficient (Wildman–Crippen LogP) is -0.139. The van der Waals surface area contributed by atoms with Gasteiger partial charge in [0.1, 0.15) is 5.75 Å². The molecule has 1 unspecified atom stereocenters. The fourth-order valence-electron chi connectivity index (χ4n) is 2.79. The molecule has 23 heavy (non-hydrogen) atoms. The van der Waals surface area contributed by atoms with Crippen molar-refractivity contribution in [3.05, 3.63) is 24.3 Å². The lowest BCUT2D eigenvalue weighted by Gasteiger charge is -2.24. The molecule has 1 fully saturated rings. The molecule has 7 nitrogen and oxygen atoms in total. The number of hydrogen-bond acceptors (Lipinski definition) is 5. The second-order valence-corrected chi connectivity index (χ2v) is 5.35. The highest BCUT2D eigenvalue weighted by molar-refractivity contribution is 6.01. The maximum Gasteiger partial charge on any atom is 0.228 e. The Labute approximate surface area is 135 Å². The van der Waals surface area contributed by atoms with Gasteiger partial charge in [-0.3, -0.25) is 9.59 Å². The van der Waals surface area contributed by atoms with Crippen LogP contribution in [0.4, 0.5) is 5.69 Å². The third-order valence-electron chi connectivity index (χ3n) is 3.90. The van der Waals surface area contributed by atoms with Crippen LogP contribution >= 0.6 is 0 Å². The summed E-state index contributed by atoms with van der Waals surface area (Å²) in [7, 11) is 1.53. The molecule has 0 spiro atoms. The Morgan fingerprint density at radius 1 is 1.30 bits per heavy atom. The summed E-state index contributed by atoms with van der Waals surface area (Å²) in [6, 6.07) is 7.17. The van der Waals surface area contributed by atoms with Crippen molar-refractivity contribution in [2.24, 2.45) is 5.92 Å². The third kappa shape index (κ3) is 3.80. The fourth-order valence-corrected chi connectivity index (χ4v) is 2.79. The molecule has 0 aliphatic carbocycles. The van der Waals surface area contributed by atoms with Gasteiger partial charge in [0, 0.05) is 26.1 Å². The number of hydrogen-bond donors (Lipinski definition) is 2. The molecular weight excluding hydrogens is 300 g/mol. The first-order valence-corrected chi connectivity index (χ1v) is 7.56. The molecule has 2 rings (SSSR count). The number of anilines is 1. The summed E-state index contributed by atoms with van der Waals surface area (Å²) in [4.78, 5) is 27.7. The van der Waals surface area contributed by atoms with Crippen molar-refractivity contribution in [1.29, 1.82) is 0 Å². The zero-order chi connectivity index (χ0) is 16.8. The van der Waals surface area contributed by atoms with Crippen molar-refractivity contribution >= 4 is 17.5 Å². The number of methoxy groups -OCH3 is 1. The van der Waals surface area contributed by atoms with E-state index in [0.717, 1.165) is 0 Å². The van der Waals surface area contributed by atoms with E-state index in [0.29, 0.717) is 11.4 Å². The van der Waals surface area contributed by atoms with Crippen molar-refractivity contribution in [2.45, 2.75) is 6.42 Å². The topological polar surface area (TPSA) is 90.3 Å². The Hall–Kier alpha value is -2.12. The summed E-state index contributed by atoms with van der Waals surface area (Å²) in [5.41, 5.74) is 0.645. The molecule has 0 radical (unpaired) electrons. The standard InChI is InChI=1S/C16H22N2O5/c1-23-14-5-3-2-4-13(14)18-11-12(10-15(18)21)16(22)17(6-8-19)7-9-20/h2-5,12,19-20H,6-11H2,1H3. The summed E-state index contributed by atoms with van der Waals surface area (Å²) in [5, 5.41) is 18.1. The smallest absolute Gasteiger partial charge is 0.228 e. The first-order chi connectivity index (χ1) is 11.1. The van der Waals surface area contributed by atoms with E-state index in [1.807, 2.05) is 12.1 Å². The molecule has 2 amide bonds. The average molecular weight is 322 g/mol. The van der Waals surface area contributed by atoms with Crippen LogP contribution in [-0.2, 0) is 9.59 Å². The van der Waals surface area contributed by atoms with Gasteiger partial charge >= 0.3 is 0 Å². The monoisotopic (exact) mass is 322 g/mol. The van der Waals surface area contributed by atoms with Gasteiger partial charge in [0.2, 0.25) is 11.8 Å². The molecule has 0 bridgehead atoms. The van der Waals surface area contributed by atoms with Gasteiger partial charge in [0.05, 0.1) is 31.9 Å². The van der Waals surface area contributed by atoms with Crippen LogP contribution in [-0.4, -0.2) is 66.9 Å². The summed E-state index contributed by atoms with van der Waals surface area (Å²) >= 11 is 0. The Morgan fingerprint density at radius 3 is 2.57 bits per heavy atom. The zero-order valence-corrected chi connectivity index (χ0v) is 13.1. The van der Waals surface area contributed by atoms with E-state index < -0.39 is 5.92 Å². The third-order valence-corrected chi connectivity index (χ3v) is 3.90. The van der Waals surface area contributed by atoms with E-state index in [1.165, 1.54) is 12.0 Å². The number of para-hydroxylation sites is 2. The first-order valence-electron chi connectivity index (χ1n) is 7.56. The summed E-state index contributed by atoms with van der Waals surface area (Å²) in [6.07, 6.45) is 0.115. The highest BCUT2D eigenvalue weighted by Crippen LogP contribution is 2.33. The van der Waals surface area contributed by atoms with Gasteiger partial charge < -0.3 is 24.7 Å². The molecule has 0 aromatic heterocycles. The van der Waals surface area contributed by atoms with Crippen molar-refractivity contribution in [1.82, 2.24) is 4.90 Å². The molecule has 126 valence electrons. The summed E-state index contributed by atoms with van der Waals surface area (Å²) < 4.78 is 5.27. The maximum atomic E-state index is 12.5. The fraction of sp³-hybridized carbons (Fsp3) is 0.500. The van der Waals surface area contributed by atoms with Crippen LogP contribution in [0.25, 0.3) is 0 Å². The molecule has 1 aliphatic rings. The van der Waals surface area contributed by atoms with Crippen molar-refractivity contribution in [3.8, 4) is 5.75 Å². The predicted molar refractivity (Wildman–Crippen MR) is 84.2 cm³/mol. The normalized spacial score (nSPS) is 17.4. The van der Waals surface area contributed by atoms with E-state index >= 15 is 0 Å². The number of aliphatic hydroxyl groups excluding tert-OH is 2. The van der Waals surface area contributed by atoms with E-state index in [1.54, 1.807) is 17.0 Å². The Kier molecular flexibility index (Phi) is 5.95. The van der Waals surface area contributed by atoms with Gasteiger partial charge in [-0.2, -0.15) is 0 Å². The number of nitrogens with zero attached hydrogens (tertiary/aromatic N) is 2. The van der Waals surface area contributed by atoms with Crippen LogP contribution in [0.3, 0.4) is 0 Å². The lowest BCUT2D eigenvalue weighted by Crippen LogP contribution is -2.40. The lowest BCUT2D eigenvalue weighted by molar-refractivity contribution is -0.136. The molecule has 1 heterocycles. The van der Waals surface area contributed by atoms with Crippen LogP contribution in [0.5, 0.6) is 5.75 Å². The molecule has 1 aromatic rings. The van der Waals surface area contributed by atoms with Gasteiger partial charge in [-0.05, 0) is 12.1 Å². The maximum absolute atomic E-state index is 12.5. The summed E-state index contributed by atoms with van der Waals surface area (Å²) in [5.74, 6) is -0.262. The molecule has 1 saturated heterocycles. The largest absolute Gasteiger partial charge is 0.495 e. The number of aliphatic hydroxyl groups is 2. The highest BCUT2D eigenvalue weighted by atomic mass is 16.5. The molecule has 1 atom stereocenters. The van der Waals surface area contributed by atoms with Crippen molar-refractivity contribution in [2.75, 3.05) is 44.9 Å². The van der Waals surface area contributed by atoms with Gasteiger partial charge in [0.15, 0.2) is 0 Å². The minimum absolute atomic E-state index is 0.115. The quantitative estimate of drug-likeness (QED) is 0.729. The van der Waals surface area contributed by atoms with Gasteiger partial charge in [-0.1, -0.05) is 12.1 Å². The number of carbonyl (C=O) groups excluding carboxylic acids is 2. The highest BCUT2D eigenvalue weighted by Gasteiger charge is 2.37. The van der Waals surface area contributed by atoms with E-state index in [9.17, 15) is 9.59 Å². The minimum atomic E-state index is -0.481. The van der Waals surface area contributed by atoms with Crippen LogP contribution in [0.15, 0.2) is 24.3 Å². The van der Waals surface area contributed by atoms with Gasteiger partial charge in [-0.25, -0.2) is 0 Å². The number of ether oxygens (including phenoxy) is 1. The Balaban J connectivity index is 2.14.